The van der Waals surface area contributed by atoms with Gasteiger partial charge in [-0.3, -0.25) is 0 Å². The minimum absolute atomic E-state index is 0.396. The molecule has 1 N–H and O–H groups in total. The molecule has 13 heavy (non-hydrogen) atoms. The van der Waals surface area contributed by atoms with E-state index in [1.165, 1.54) is 12.8 Å². The van der Waals surface area contributed by atoms with Gasteiger partial charge in [-0.2, -0.15) is 0 Å². The van der Waals surface area contributed by atoms with Crippen LogP contribution in [0.2, 0.25) is 0 Å². The third-order valence-electron chi connectivity index (χ3n) is 2.63. The Bertz CT molecular complexity index is 154. The van der Waals surface area contributed by atoms with Gasteiger partial charge in [0.25, 0.3) is 0 Å². The quantitative estimate of drug-likeness (QED) is 0.609. The van der Waals surface area contributed by atoms with Gasteiger partial charge in [0.1, 0.15) is 0 Å². The second-order valence-electron chi connectivity index (χ2n) is 3.68. The van der Waals surface area contributed by atoms with Crippen molar-refractivity contribution in [2.24, 2.45) is 5.92 Å². The molecule has 2 unspecified atom stereocenters. The molecule has 1 fully saturated rings. The van der Waals surface area contributed by atoms with E-state index in [0.717, 1.165) is 18.9 Å². The lowest BCUT2D eigenvalue weighted by atomic mass is 10.0. The van der Waals surface area contributed by atoms with Gasteiger partial charge in [0.15, 0.2) is 0 Å². The molecule has 1 aliphatic carbocycles. The van der Waals surface area contributed by atoms with Crippen LogP contribution in [0, 0.1) is 5.92 Å². The van der Waals surface area contributed by atoms with Crippen molar-refractivity contribution in [3.63, 3.8) is 0 Å². The number of hydrogen-bond donors (Lipinski definition) is 1. The van der Waals surface area contributed by atoms with Gasteiger partial charge in [0, 0.05) is 12.6 Å². The monoisotopic (exact) mass is 183 g/mol. The van der Waals surface area contributed by atoms with Gasteiger partial charge in [-0.25, -0.2) is 0 Å². The summed E-state index contributed by atoms with van der Waals surface area (Å²) < 4.78 is 5.76. The third kappa shape index (κ3) is 3.12. The first kappa shape index (κ1) is 10.7. The number of ether oxygens (including phenoxy) is 1. The third-order valence-corrected chi connectivity index (χ3v) is 2.63. The van der Waals surface area contributed by atoms with Crippen LogP contribution < -0.4 is 5.32 Å². The molecular formula is C11H21NO. The molecule has 0 bridgehead atoms. The fourth-order valence-corrected chi connectivity index (χ4v) is 1.79. The number of hydrogen-bond acceptors (Lipinski definition) is 2. The van der Waals surface area contributed by atoms with Crippen molar-refractivity contribution in [1.29, 1.82) is 0 Å². The van der Waals surface area contributed by atoms with Crippen LogP contribution in [-0.4, -0.2) is 25.8 Å². The summed E-state index contributed by atoms with van der Waals surface area (Å²) in [7, 11) is 2.00. The lowest BCUT2D eigenvalue weighted by Gasteiger charge is -2.25. The van der Waals surface area contributed by atoms with Gasteiger partial charge in [-0.05, 0) is 39.2 Å². The fraction of sp³-hybridized carbons (Fsp3) is 0.818. The van der Waals surface area contributed by atoms with Gasteiger partial charge < -0.3 is 10.1 Å². The molecule has 1 rings (SSSR count). The molecule has 0 aromatic heterocycles. The molecule has 0 amide bonds. The largest absolute Gasteiger partial charge is 0.377 e. The summed E-state index contributed by atoms with van der Waals surface area (Å²) in [5.41, 5.74) is 0. The van der Waals surface area contributed by atoms with Gasteiger partial charge >= 0.3 is 0 Å². The van der Waals surface area contributed by atoms with Crippen LogP contribution in [-0.2, 0) is 4.74 Å². The van der Waals surface area contributed by atoms with Crippen LogP contribution >= 0.6 is 0 Å². The Hall–Kier alpha value is -0.340. The summed E-state index contributed by atoms with van der Waals surface area (Å²) >= 11 is 0. The van der Waals surface area contributed by atoms with E-state index in [1.807, 2.05) is 13.1 Å². The van der Waals surface area contributed by atoms with Gasteiger partial charge in [0.2, 0.25) is 0 Å². The zero-order valence-electron chi connectivity index (χ0n) is 8.75. The molecule has 1 aliphatic rings. The van der Waals surface area contributed by atoms with Crippen molar-refractivity contribution in [1.82, 2.24) is 5.32 Å². The highest BCUT2D eigenvalue weighted by Crippen LogP contribution is 2.36. The Labute approximate surface area is 81.4 Å². The first-order chi connectivity index (χ1) is 6.33. The van der Waals surface area contributed by atoms with E-state index in [-0.39, 0.29) is 0 Å². The molecule has 2 heteroatoms. The summed E-state index contributed by atoms with van der Waals surface area (Å²) in [6.07, 6.45) is 6.03. The van der Waals surface area contributed by atoms with E-state index in [2.05, 4.69) is 18.8 Å². The molecule has 0 heterocycles. The van der Waals surface area contributed by atoms with Gasteiger partial charge in [-0.15, -0.1) is 6.58 Å². The Morgan fingerprint density at radius 3 is 2.69 bits per heavy atom. The highest BCUT2D eigenvalue weighted by molar-refractivity contribution is 4.92. The molecule has 2 nitrogen and oxygen atoms in total. The van der Waals surface area contributed by atoms with Crippen molar-refractivity contribution in [3.8, 4) is 0 Å². The van der Waals surface area contributed by atoms with E-state index in [4.69, 9.17) is 4.74 Å². The maximum absolute atomic E-state index is 5.76. The van der Waals surface area contributed by atoms with Crippen molar-refractivity contribution < 1.29 is 4.74 Å². The summed E-state index contributed by atoms with van der Waals surface area (Å²) in [5.74, 6) is 0.789. The molecule has 76 valence electrons. The highest BCUT2D eigenvalue weighted by atomic mass is 16.5. The summed E-state index contributed by atoms with van der Waals surface area (Å²) in [6.45, 7) is 6.66. The maximum atomic E-state index is 5.76. The number of nitrogens with one attached hydrogen (secondary N) is 1. The van der Waals surface area contributed by atoms with Crippen LogP contribution in [0.5, 0.6) is 0 Å². The molecule has 0 spiro atoms. The molecule has 0 aliphatic heterocycles. The average molecular weight is 183 g/mol. The molecular weight excluding hydrogens is 162 g/mol. The highest BCUT2D eigenvalue weighted by Gasteiger charge is 2.35. The van der Waals surface area contributed by atoms with E-state index < -0.39 is 0 Å². The first-order valence-corrected chi connectivity index (χ1v) is 5.23. The Morgan fingerprint density at radius 2 is 2.31 bits per heavy atom. The Balaban J connectivity index is 2.43. The van der Waals surface area contributed by atoms with Crippen molar-refractivity contribution in [3.05, 3.63) is 12.7 Å². The summed E-state index contributed by atoms with van der Waals surface area (Å²) in [5, 5.41) is 3.31. The molecule has 1 saturated carbocycles. The van der Waals surface area contributed by atoms with E-state index >= 15 is 0 Å². The second kappa shape index (κ2) is 5.40. The van der Waals surface area contributed by atoms with E-state index in [1.54, 1.807) is 0 Å². The Morgan fingerprint density at radius 1 is 1.62 bits per heavy atom. The zero-order valence-corrected chi connectivity index (χ0v) is 8.75. The summed E-state index contributed by atoms with van der Waals surface area (Å²) in [6, 6.07) is 0.449. The van der Waals surface area contributed by atoms with Crippen LogP contribution in [0.1, 0.15) is 26.2 Å². The van der Waals surface area contributed by atoms with E-state index in [0.29, 0.717) is 12.1 Å². The SMILES string of the molecule is C=CCC(NC)C(OCC)C1CC1. The number of rotatable bonds is 7. The van der Waals surface area contributed by atoms with Crippen LogP contribution in [0.15, 0.2) is 12.7 Å². The molecule has 0 aromatic rings. The predicted molar refractivity (Wildman–Crippen MR) is 55.8 cm³/mol. The molecule has 0 aromatic carbocycles. The minimum atomic E-state index is 0.396. The normalized spacial score (nSPS) is 21.1. The first-order valence-electron chi connectivity index (χ1n) is 5.23. The Kier molecular flexibility index (Phi) is 4.46. The smallest absolute Gasteiger partial charge is 0.0758 e. The van der Waals surface area contributed by atoms with Gasteiger partial charge in [0.05, 0.1) is 6.10 Å². The van der Waals surface area contributed by atoms with Crippen molar-refractivity contribution in [2.45, 2.75) is 38.3 Å². The van der Waals surface area contributed by atoms with Crippen LogP contribution in [0.3, 0.4) is 0 Å². The lowest BCUT2D eigenvalue weighted by molar-refractivity contribution is 0.0217. The maximum Gasteiger partial charge on any atom is 0.0758 e. The van der Waals surface area contributed by atoms with Crippen molar-refractivity contribution in [2.75, 3.05) is 13.7 Å². The van der Waals surface area contributed by atoms with Crippen molar-refractivity contribution >= 4 is 0 Å². The van der Waals surface area contributed by atoms with Gasteiger partial charge in [-0.1, -0.05) is 6.08 Å². The standard InChI is InChI=1S/C11H21NO/c1-4-6-10(12-3)11(13-5-2)9-7-8-9/h4,9-12H,1,5-8H2,2-3H3. The topological polar surface area (TPSA) is 21.3 Å². The predicted octanol–water partition coefficient (Wildman–Crippen LogP) is 1.97. The summed E-state index contributed by atoms with van der Waals surface area (Å²) in [4.78, 5) is 0. The fourth-order valence-electron chi connectivity index (χ4n) is 1.79. The van der Waals surface area contributed by atoms with Crippen LogP contribution in [0.4, 0.5) is 0 Å². The molecule has 0 radical (unpaired) electrons. The van der Waals surface area contributed by atoms with Crippen LogP contribution in [0.25, 0.3) is 0 Å². The molecule has 0 saturated heterocycles. The number of likely N-dealkylation sites (N-methyl/N-ethyl adjacent to an activating group) is 1. The molecule has 2 atom stereocenters. The minimum Gasteiger partial charge on any atom is -0.377 e. The lowest BCUT2D eigenvalue weighted by Crippen LogP contribution is -2.40. The second-order valence-corrected chi connectivity index (χ2v) is 3.68. The zero-order chi connectivity index (χ0) is 9.68. The average Bonchev–Trinajstić information content (AvgIpc) is 2.94. The van der Waals surface area contributed by atoms with E-state index in [9.17, 15) is 0 Å².